The predicted octanol–water partition coefficient (Wildman–Crippen LogP) is 2.50. The van der Waals surface area contributed by atoms with Crippen LogP contribution in [0.25, 0.3) is 0 Å². The highest BCUT2D eigenvalue weighted by Gasteiger charge is 2.21. The lowest BCUT2D eigenvalue weighted by molar-refractivity contribution is 0.404. The highest BCUT2D eigenvalue weighted by Crippen LogP contribution is 2.27. The summed E-state index contributed by atoms with van der Waals surface area (Å²) in [7, 11) is -3.29. The van der Waals surface area contributed by atoms with Gasteiger partial charge in [0.2, 0.25) is 10.0 Å². The van der Waals surface area contributed by atoms with Gasteiger partial charge >= 0.3 is 0 Å². The Balaban J connectivity index is 2.06. The van der Waals surface area contributed by atoms with E-state index in [1.165, 1.54) is 0 Å². The largest absolute Gasteiger partial charge is 0.316 e. The summed E-state index contributed by atoms with van der Waals surface area (Å²) in [6.45, 7) is 3.72. The van der Waals surface area contributed by atoms with Crippen LogP contribution in [0.3, 0.4) is 0 Å². The summed E-state index contributed by atoms with van der Waals surface area (Å²) in [6, 6.07) is 5.56. The molecule has 0 aliphatic carbocycles. The van der Waals surface area contributed by atoms with Crippen LogP contribution < -0.4 is 10.0 Å². The molecule has 106 valence electrons. The molecule has 1 fully saturated rings. The number of benzene rings is 1. The summed E-state index contributed by atoms with van der Waals surface area (Å²) >= 11 is 3.42. The lowest BCUT2D eigenvalue weighted by Crippen LogP contribution is -2.35. The van der Waals surface area contributed by atoms with E-state index in [1.54, 1.807) is 6.07 Å². The van der Waals surface area contributed by atoms with E-state index in [0.29, 0.717) is 5.69 Å². The van der Waals surface area contributed by atoms with Crippen molar-refractivity contribution in [3.8, 4) is 0 Å². The molecule has 1 aliphatic rings. The number of aryl methyl sites for hydroxylation is 1. The zero-order chi connectivity index (χ0) is 13.9. The molecule has 0 radical (unpaired) electrons. The maximum atomic E-state index is 12.2. The van der Waals surface area contributed by atoms with Gasteiger partial charge in [-0.15, -0.1) is 0 Å². The Morgan fingerprint density at radius 3 is 2.95 bits per heavy atom. The van der Waals surface area contributed by atoms with Crippen molar-refractivity contribution in [2.45, 2.75) is 19.8 Å². The van der Waals surface area contributed by atoms with Crippen LogP contribution in [0.5, 0.6) is 0 Å². The molecule has 0 spiro atoms. The molecule has 19 heavy (non-hydrogen) atoms. The zero-order valence-electron chi connectivity index (χ0n) is 10.9. The minimum absolute atomic E-state index is 0.181. The topological polar surface area (TPSA) is 58.2 Å². The van der Waals surface area contributed by atoms with Crippen molar-refractivity contribution in [3.05, 3.63) is 28.2 Å². The second kappa shape index (κ2) is 6.24. The first kappa shape index (κ1) is 14.8. The molecule has 4 nitrogen and oxygen atoms in total. The van der Waals surface area contributed by atoms with Gasteiger partial charge in [0, 0.05) is 4.47 Å². The summed E-state index contributed by atoms with van der Waals surface area (Å²) in [4.78, 5) is 0. The SMILES string of the molecule is Cc1cccc(NS(=O)(=O)CC2CCCNC2)c1Br. The van der Waals surface area contributed by atoms with E-state index in [-0.39, 0.29) is 11.7 Å². The minimum Gasteiger partial charge on any atom is -0.316 e. The molecule has 1 unspecified atom stereocenters. The van der Waals surface area contributed by atoms with Gasteiger partial charge in [-0.3, -0.25) is 4.72 Å². The van der Waals surface area contributed by atoms with E-state index in [2.05, 4.69) is 26.0 Å². The van der Waals surface area contributed by atoms with Crippen LogP contribution in [0.1, 0.15) is 18.4 Å². The van der Waals surface area contributed by atoms with Crippen LogP contribution in [0.4, 0.5) is 5.69 Å². The van der Waals surface area contributed by atoms with Crippen molar-refractivity contribution in [3.63, 3.8) is 0 Å². The smallest absolute Gasteiger partial charge is 0.233 e. The van der Waals surface area contributed by atoms with Gasteiger partial charge < -0.3 is 5.32 Å². The van der Waals surface area contributed by atoms with Gasteiger partial charge in [0.1, 0.15) is 0 Å². The van der Waals surface area contributed by atoms with Crippen molar-refractivity contribution in [2.75, 3.05) is 23.6 Å². The molecule has 0 saturated carbocycles. The lowest BCUT2D eigenvalue weighted by atomic mass is 10.0. The first-order chi connectivity index (χ1) is 8.98. The van der Waals surface area contributed by atoms with Crippen molar-refractivity contribution in [2.24, 2.45) is 5.92 Å². The van der Waals surface area contributed by atoms with Crippen molar-refractivity contribution in [1.29, 1.82) is 0 Å². The van der Waals surface area contributed by atoms with Crippen LogP contribution in [0.2, 0.25) is 0 Å². The molecule has 2 N–H and O–H groups in total. The van der Waals surface area contributed by atoms with Gasteiger partial charge in [-0.25, -0.2) is 8.42 Å². The van der Waals surface area contributed by atoms with Crippen molar-refractivity contribution >= 4 is 31.6 Å². The van der Waals surface area contributed by atoms with E-state index in [1.807, 2.05) is 19.1 Å². The summed E-state index contributed by atoms with van der Waals surface area (Å²) in [6.07, 6.45) is 2.03. The Bertz CT molecular complexity index is 540. The number of hydrogen-bond donors (Lipinski definition) is 2. The fourth-order valence-corrected chi connectivity index (χ4v) is 4.30. The molecular weight excluding hydrogens is 328 g/mol. The number of piperidine rings is 1. The molecule has 1 atom stereocenters. The van der Waals surface area contributed by atoms with Gasteiger partial charge in [0.15, 0.2) is 0 Å². The number of hydrogen-bond acceptors (Lipinski definition) is 3. The number of rotatable bonds is 4. The first-order valence-electron chi connectivity index (χ1n) is 6.44. The summed E-state index contributed by atoms with van der Waals surface area (Å²) < 4.78 is 27.8. The third-order valence-corrected chi connectivity index (χ3v) is 5.81. The molecule has 1 aliphatic heterocycles. The number of sulfonamides is 1. The summed E-state index contributed by atoms with van der Waals surface area (Å²) in [5.74, 6) is 0.384. The van der Waals surface area contributed by atoms with Gasteiger partial charge in [-0.1, -0.05) is 12.1 Å². The lowest BCUT2D eigenvalue weighted by Gasteiger charge is -2.23. The predicted molar refractivity (Wildman–Crippen MR) is 81.9 cm³/mol. The van der Waals surface area contributed by atoms with Gasteiger partial charge in [0.25, 0.3) is 0 Å². The molecule has 1 aromatic rings. The Kier molecular flexibility index (Phi) is 4.86. The Morgan fingerprint density at radius 2 is 2.26 bits per heavy atom. The van der Waals surface area contributed by atoms with E-state index in [0.717, 1.165) is 36.0 Å². The zero-order valence-corrected chi connectivity index (χ0v) is 13.4. The molecular formula is C13H19BrN2O2S. The fourth-order valence-electron chi connectivity index (χ4n) is 2.31. The molecule has 1 aromatic carbocycles. The van der Waals surface area contributed by atoms with E-state index in [9.17, 15) is 8.42 Å². The second-order valence-corrected chi connectivity index (χ2v) is 7.59. The second-order valence-electron chi connectivity index (χ2n) is 5.03. The standard InChI is InChI=1S/C13H19BrN2O2S/c1-10-4-2-6-12(13(10)14)16-19(17,18)9-11-5-3-7-15-8-11/h2,4,6,11,15-16H,3,5,7-9H2,1H3. The van der Waals surface area contributed by atoms with E-state index >= 15 is 0 Å². The Morgan fingerprint density at radius 1 is 1.47 bits per heavy atom. The first-order valence-corrected chi connectivity index (χ1v) is 8.89. The molecule has 2 rings (SSSR count). The van der Waals surface area contributed by atoms with Gasteiger partial charge in [-0.2, -0.15) is 0 Å². The number of anilines is 1. The maximum Gasteiger partial charge on any atom is 0.233 e. The van der Waals surface area contributed by atoms with E-state index in [4.69, 9.17) is 0 Å². The monoisotopic (exact) mass is 346 g/mol. The number of halogens is 1. The summed E-state index contributed by atoms with van der Waals surface area (Å²) in [5.41, 5.74) is 1.63. The highest BCUT2D eigenvalue weighted by molar-refractivity contribution is 9.10. The third kappa shape index (κ3) is 4.19. The Hall–Kier alpha value is -0.590. The number of nitrogens with one attached hydrogen (secondary N) is 2. The molecule has 1 heterocycles. The molecule has 0 amide bonds. The van der Waals surface area contributed by atoms with Gasteiger partial charge in [-0.05, 0) is 66.3 Å². The normalized spacial score (nSPS) is 20.2. The minimum atomic E-state index is -3.29. The fraction of sp³-hybridized carbons (Fsp3) is 0.538. The van der Waals surface area contributed by atoms with Crippen LogP contribution in [-0.4, -0.2) is 27.3 Å². The molecule has 6 heteroatoms. The average Bonchev–Trinajstić information content (AvgIpc) is 2.35. The Labute approximate surface area is 123 Å². The molecule has 1 saturated heterocycles. The maximum absolute atomic E-state index is 12.2. The quantitative estimate of drug-likeness (QED) is 0.880. The summed E-state index contributed by atoms with van der Waals surface area (Å²) in [5, 5.41) is 3.24. The van der Waals surface area contributed by atoms with E-state index < -0.39 is 10.0 Å². The van der Waals surface area contributed by atoms with Gasteiger partial charge in [0.05, 0.1) is 11.4 Å². The van der Waals surface area contributed by atoms with Crippen LogP contribution in [0.15, 0.2) is 22.7 Å². The van der Waals surface area contributed by atoms with Crippen LogP contribution in [-0.2, 0) is 10.0 Å². The van der Waals surface area contributed by atoms with Crippen molar-refractivity contribution < 1.29 is 8.42 Å². The van der Waals surface area contributed by atoms with Crippen molar-refractivity contribution in [1.82, 2.24) is 5.32 Å². The highest BCUT2D eigenvalue weighted by atomic mass is 79.9. The third-order valence-electron chi connectivity index (χ3n) is 3.31. The molecule has 0 aromatic heterocycles. The van der Waals surface area contributed by atoms with Crippen LogP contribution >= 0.6 is 15.9 Å². The average molecular weight is 347 g/mol. The van der Waals surface area contributed by atoms with Crippen LogP contribution in [0, 0.1) is 12.8 Å². The molecule has 0 bridgehead atoms.